The molecule has 0 fully saturated rings. The Morgan fingerprint density at radius 3 is 2.52 bits per heavy atom. The largest absolute Gasteiger partial charge is 0.324 e. The maximum Gasteiger partial charge on any atom is 0.0347 e. The summed E-state index contributed by atoms with van der Waals surface area (Å²) in [5.41, 5.74) is 13.0. The monoisotopic (exact) mass is 280 g/mol. The zero-order chi connectivity index (χ0) is 15.0. The quantitative estimate of drug-likeness (QED) is 0.888. The average Bonchev–Trinajstić information content (AvgIpc) is 2.76. The minimum atomic E-state index is 0.157. The third kappa shape index (κ3) is 2.74. The molecule has 0 radical (unpaired) electrons. The number of nitrogens with one attached hydrogen (secondary N) is 1. The van der Waals surface area contributed by atoms with E-state index in [1.165, 1.54) is 27.8 Å². The fourth-order valence-electron chi connectivity index (χ4n) is 3.53. The zero-order valence-corrected chi connectivity index (χ0v) is 13.1. The number of hydrogen-bond acceptors (Lipinski definition) is 2. The molecule has 0 heterocycles. The SMILES string of the molecule is Cc1ccc(C(C)NC2CC(N)c3ccccc32)c(C)c1. The van der Waals surface area contributed by atoms with Crippen LogP contribution in [0.3, 0.4) is 0 Å². The van der Waals surface area contributed by atoms with Crippen molar-refractivity contribution in [1.82, 2.24) is 5.32 Å². The minimum Gasteiger partial charge on any atom is -0.324 e. The first kappa shape index (κ1) is 14.3. The van der Waals surface area contributed by atoms with Crippen LogP contribution in [0.15, 0.2) is 42.5 Å². The van der Waals surface area contributed by atoms with Crippen molar-refractivity contribution in [3.63, 3.8) is 0 Å². The first-order valence-corrected chi connectivity index (χ1v) is 7.74. The number of benzene rings is 2. The van der Waals surface area contributed by atoms with E-state index in [0.29, 0.717) is 12.1 Å². The summed E-state index contributed by atoms with van der Waals surface area (Å²) < 4.78 is 0. The van der Waals surface area contributed by atoms with Gasteiger partial charge in [0.1, 0.15) is 0 Å². The maximum atomic E-state index is 6.26. The van der Waals surface area contributed by atoms with Gasteiger partial charge in [-0.05, 0) is 49.4 Å². The molecular formula is C19H24N2. The minimum absolute atomic E-state index is 0.157. The van der Waals surface area contributed by atoms with Crippen molar-refractivity contribution >= 4 is 0 Å². The van der Waals surface area contributed by atoms with Crippen molar-refractivity contribution in [2.24, 2.45) is 5.73 Å². The van der Waals surface area contributed by atoms with E-state index in [2.05, 4.69) is 68.6 Å². The first-order valence-electron chi connectivity index (χ1n) is 7.74. The standard InChI is InChI=1S/C19H24N2/c1-12-8-9-15(13(2)10-12)14(3)21-19-11-18(20)16-6-4-5-7-17(16)19/h4-10,14,18-19,21H,11,20H2,1-3H3. The summed E-state index contributed by atoms with van der Waals surface area (Å²) in [6.45, 7) is 6.57. The Balaban J connectivity index is 1.81. The molecule has 2 aromatic rings. The zero-order valence-electron chi connectivity index (χ0n) is 13.1. The topological polar surface area (TPSA) is 38.0 Å². The molecule has 0 spiro atoms. The van der Waals surface area contributed by atoms with Gasteiger partial charge in [0.05, 0.1) is 0 Å². The van der Waals surface area contributed by atoms with Gasteiger partial charge >= 0.3 is 0 Å². The molecule has 2 aromatic carbocycles. The summed E-state index contributed by atoms with van der Waals surface area (Å²) in [5, 5.41) is 3.76. The van der Waals surface area contributed by atoms with Gasteiger partial charge < -0.3 is 11.1 Å². The number of hydrogen-bond donors (Lipinski definition) is 2. The molecule has 0 saturated heterocycles. The summed E-state index contributed by atoms with van der Waals surface area (Å²) in [5.74, 6) is 0. The van der Waals surface area contributed by atoms with Gasteiger partial charge in [-0.1, -0.05) is 48.0 Å². The molecule has 0 amide bonds. The highest BCUT2D eigenvalue weighted by Crippen LogP contribution is 2.38. The lowest BCUT2D eigenvalue weighted by Gasteiger charge is -2.22. The summed E-state index contributed by atoms with van der Waals surface area (Å²) in [4.78, 5) is 0. The molecule has 2 heteroatoms. The predicted molar refractivity (Wildman–Crippen MR) is 88.2 cm³/mol. The van der Waals surface area contributed by atoms with Gasteiger partial charge in [-0.3, -0.25) is 0 Å². The summed E-state index contributed by atoms with van der Waals surface area (Å²) >= 11 is 0. The molecule has 21 heavy (non-hydrogen) atoms. The summed E-state index contributed by atoms with van der Waals surface area (Å²) in [6.07, 6.45) is 0.981. The molecule has 3 rings (SSSR count). The van der Waals surface area contributed by atoms with E-state index in [4.69, 9.17) is 5.73 Å². The van der Waals surface area contributed by atoms with Gasteiger partial charge in [-0.2, -0.15) is 0 Å². The fourth-order valence-corrected chi connectivity index (χ4v) is 3.53. The normalized spacial score (nSPS) is 22.1. The van der Waals surface area contributed by atoms with Crippen molar-refractivity contribution in [1.29, 1.82) is 0 Å². The number of aryl methyl sites for hydroxylation is 2. The van der Waals surface area contributed by atoms with Crippen molar-refractivity contribution in [2.75, 3.05) is 0 Å². The van der Waals surface area contributed by atoms with Gasteiger partial charge in [0.2, 0.25) is 0 Å². The lowest BCUT2D eigenvalue weighted by atomic mass is 9.99. The van der Waals surface area contributed by atoms with Crippen LogP contribution >= 0.6 is 0 Å². The van der Waals surface area contributed by atoms with Crippen LogP contribution in [0.4, 0.5) is 0 Å². The van der Waals surface area contributed by atoms with Crippen LogP contribution in [0, 0.1) is 13.8 Å². The highest BCUT2D eigenvalue weighted by atomic mass is 15.0. The molecule has 0 aliphatic heterocycles. The lowest BCUT2D eigenvalue weighted by molar-refractivity contribution is 0.445. The van der Waals surface area contributed by atoms with Gasteiger partial charge in [-0.25, -0.2) is 0 Å². The van der Waals surface area contributed by atoms with E-state index in [9.17, 15) is 0 Å². The van der Waals surface area contributed by atoms with E-state index in [1.807, 2.05) is 0 Å². The van der Waals surface area contributed by atoms with E-state index >= 15 is 0 Å². The molecule has 0 bridgehead atoms. The van der Waals surface area contributed by atoms with Crippen LogP contribution in [0.1, 0.15) is 59.3 Å². The molecule has 1 aliphatic rings. The van der Waals surface area contributed by atoms with Crippen LogP contribution in [0.2, 0.25) is 0 Å². The Morgan fingerprint density at radius 1 is 1.10 bits per heavy atom. The Morgan fingerprint density at radius 2 is 1.81 bits per heavy atom. The molecule has 3 atom stereocenters. The van der Waals surface area contributed by atoms with Crippen molar-refractivity contribution in [2.45, 2.75) is 45.3 Å². The molecule has 110 valence electrons. The average molecular weight is 280 g/mol. The Hall–Kier alpha value is -1.64. The van der Waals surface area contributed by atoms with Crippen LogP contribution in [-0.2, 0) is 0 Å². The molecule has 2 nitrogen and oxygen atoms in total. The van der Waals surface area contributed by atoms with Gasteiger partial charge in [0, 0.05) is 18.1 Å². The van der Waals surface area contributed by atoms with Crippen molar-refractivity contribution < 1.29 is 0 Å². The molecular weight excluding hydrogens is 256 g/mol. The second kappa shape index (κ2) is 5.63. The van der Waals surface area contributed by atoms with Gasteiger partial charge in [0.15, 0.2) is 0 Å². The van der Waals surface area contributed by atoms with Crippen molar-refractivity contribution in [3.05, 3.63) is 70.3 Å². The van der Waals surface area contributed by atoms with Crippen LogP contribution in [0.25, 0.3) is 0 Å². The molecule has 3 unspecified atom stereocenters. The van der Waals surface area contributed by atoms with E-state index in [-0.39, 0.29) is 6.04 Å². The number of nitrogens with two attached hydrogens (primary N) is 1. The lowest BCUT2D eigenvalue weighted by Crippen LogP contribution is -2.24. The summed E-state index contributed by atoms with van der Waals surface area (Å²) in [6, 6.07) is 16.1. The fraction of sp³-hybridized carbons (Fsp3) is 0.368. The molecule has 3 N–H and O–H groups in total. The predicted octanol–water partition coefficient (Wildman–Crippen LogP) is 4.10. The highest BCUT2D eigenvalue weighted by molar-refractivity contribution is 5.38. The van der Waals surface area contributed by atoms with E-state index in [1.54, 1.807) is 0 Å². The second-order valence-corrected chi connectivity index (χ2v) is 6.27. The Labute approximate surface area is 127 Å². The van der Waals surface area contributed by atoms with Crippen molar-refractivity contribution in [3.8, 4) is 0 Å². The number of rotatable bonds is 3. The molecule has 1 aliphatic carbocycles. The molecule has 0 saturated carbocycles. The van der Waals surface area contributed by atoms with Crippen LogP contribution in [-0.4, -0.2) is 0 Å². The second-order valence-electron chi connectivity index (χ2n) is 6.27. The van der Waals surface area contributed by atoms with E-state index < -0.39 is 0 Å². The van der Waals surface area contributed by atoms with Crippen LogP contribution < -0.4 is 11.1 Å². The molecule has 0 aromatic heterocycles. The van der Waals surface area contributed by atoms with Gasteiger partial charge in [0.25, 0.3) is 0 Å². The van der Waals surface area contributed by atoms with Crippen LogP contribution in [0.5, 0.6) is 0 Å². The Kier molecular flexibility index (Phi) is 3.83. The van der Waals surface area contributed by atoms with E-state index in [0.717, 1.165) is 6.42 Å². The highest BCUT2D eigenvalue weighted by Gasteiger charge is 2.29. The maximum absolute atomic E-state index is 6.26. The summed E-state index contributed by atoms with van der Waals surface area (Å²) in [7, 11) is 0. The van der Waals surface area contributed by atoms with Gasteiger partial charge in [-0.15, -0.1) is 0 Å². The third-order valence-corrected chi connectivity index (χ3v) is 4.60. The first-order chi connectivity index (χ1) is 10.1. The third-order valence-electron chi connectivity index (χ3n) is 4.60. The number of fused-ring (bicyclic) bond motifs is 1. The smallest absolute Gasteiger partial charge is 0.0347 e. The Bertz CT molecular complexity index is 648.